The number of ether oxygens (including phenoxy) is 4. The molecule has 15 atom stereocenters. The molecule has 3 aliphatic rings. The van der Waals surface area contributed by atoms with E-state index in [1.165, 1.54) is 13.8 Å². The Morgan fingerprint density at radius 1 is 0.941 bits per heavy atom. The van der Waals surface area contributed by atoms with Crippen molar-refractivity contribution < 1.29 is 49.6 Å². The second-order valence-electron chi connectivity index (χ2n) is 9.82. The molecule has 0 spiro atoms. The standard InChI is InChI=1S/C20H40N4O10/c1-6(25)14-11(27)10(26)9(23)18(32-14)33-15-7(21)4-8(22)16(12(15)28)34-19-13(29)17(24-3)20(2,30)5-31-19/h6-19,24-30H,4-5,21-23H2,1-3H3/t6?,7?,8-,9?,10?,11+,12?,13?,14?,15+,16?,17?,18+,19+,20+/m1/s1. The molecule has 2 aliphatic heterocycles. The Morgan fingerprint density at radius 3 is 2.03 bits per heavy atom. The summed E-state index contributed by atoms with van der Waals surface area (Å²) in [7, 11) is 1.58. The zero-order chi connectivity index (χ0) is 25.5. The third-order valence-electron chi connectivity index (χ3n) is 6.95. The molecular formula is C20H40N4O10. The van der Waals surface area contributed by atoms with Gasteiger partial charge in [-0.3, -0.25) is 0 Å². The van der Waals surface area contributed by atoms with Crippen LogP contribution in [0.5, 0.6) is 0 Å². The summed E-state index contributed by atoms with van der Waals surface area (Å²) in [5, 5.41) is 65.2. The van der Waals surface area contributed by atoms with E-state index in [0.717, 1.165) is 0 Å². The van der Waals surface area contributed by atoms with Crippen LogP contribution in [0.25, 0.3) is 0 Å². The molecule has 2 saturated heterocycles. The van der Waals surface area contributed by atoms with Gasteiger partial charge in [0.05, 0.1) is 24.8 Å². The summed E-state index contributed by atoms with van der Waals surface area (Å²) >= 11 is 0. The number of aliphatic hydroxyl groups excluding tert-OH is 5. The summed E-state index contributed by atoms with van der Waals surface area (Å²) in [4.78, 5) is 0. The average molecular weight is 497 g/mol. The molecule has 0 aromatic carbocycles. The van der Waals surface area contributed by atoms with E-state index in [-0.39, 0.29) is 13.0 Å². The lowest BCUT2D eigenvalue weighted by atomic mass is 9.84. The number of nitrogens with one attached hydrogen (secondary N) is 1. The van der Waals surface area contributed by atoms with Crippen LogP contribution in [0.15, 0.2) is 0 Å². The summed E-state index contributed by atoms with van der Waals surface area (Å²) in [5.41, 5.74) is 17.0. The smallest absolute Gasteiger partial charge is 0.185 e. The summed E-state index contributed by atoms with van der Waals surface area (Å²) in [6, 6.07) is -3.47. The maximum absolute atomic E-state index is 11.1. The summed E-state index contributed by atoms with van der Waals surface area (Å²) in [5.74, 6) is 0. The fourth-order valence-electron chi connectivity index (χ4n) is 4.95. The molecule has 9 unspecified atom stereocenters. The van der Waals surface area contributed by atoms with E-state index >= 15 is 0 Å². The van der Waals surface area contributed by atoms with Gasteiger partial charge in [-0.1, -0.05) is 0 Å². The van der Waals surface area contributed by atoms with Crippen molar-refractivity contribution in [2.75, 3.05) is 13.7 Å². The van der Waals surface area contributed by atoms with Gasteiger partial charge in [0.1, 0.15) is 48.3 Å². The van der Waals surface area contributed by atoms with Gasteiger partial charge in [0.15, 0.2) is 12.6 Å². The van der Waals surface area contributed by atoms with Crippen LogP contribution in [0, 0.1) is 0 Å². The topological polar surface area (TPSA) is 248 Å². The number of hydrogen-bond acceptors (Lipinski definition) is 14. The van der Waals surface area contributed by atoms with Crippen LogP contribution in [-0.4, -0.2) is 135 Å². The first-order valence-electron chi connectivity index (χ1n) is 11.4. The molecule has 34 heavy (non-hydrogen) atoms. The Hall–Kier alpha value is -0.560. The van der Waals surface area contributed by atoms with Crippen molar-refractivity contribution in [3.8, 4) is 0 Å². The number of likely N-dealkylation sites (N-methyl/N-ethyl adjacent to an activating group) is 1. The number of hydrogen-bond donors (Lipinski definition) is 10. The molecule has 0 radical (unpaired) electrons. The van der Waals surface area contributed by atoms with Gasteiger partial charge < -0.3 is 72.1 Å². The molecule has 1 saturated carbocycles. The van der Waals surface area contributed by atoms with Crippen LogP contribution in [-0.2, 0) is 18.9 Å². The number of aliphatic hydroxyl groups is 6. The first-order valence-corrected chi connectivity index (χ1v) is 11.4. The fourth-order valence-corrected chi connectivity index (χ4v) is 4.95. The molecule has 3 fully saturated rings. The minimum Gasteiger partial charge on any atom is -0.391 e. The fraction of sp³-hybridized carbons (Fsp3) is 1.00. The van der Waals surface area contributed by atoms with Gasteiger partial charge in [-0.2, -0.15) is 0 Å². The molecule has 13 N–H and O–H groups in total. The molecule has 1 aliphatic carbocycles. The van der Waals surface area contributed by atoms with Crippen molar-refractivity contribution in [1.29, 1.82) is 0 Å². The molecule has 0 aromatic rings. The Labute approximate surface area is 197 Å². The maximum Gasteiger partial charge on any atom is 0.185 e. The van der Waals surface area contributed by atoms with Crippen LogP contribution in [0.3, 0.4) is 0 Å². The van der Waals surface area contributed by atoms with Gasteiger partial charge in [0.2, 0.25) is 0 Å². The Kier molecular flexibility index (Phi) is 8.92. The van der Waals surface area contributed by atoms with Gasteiger partial charge in [0, 0.05) is 12.1 Å². The molecule has 14 nitrogen and oxygen atoms in total. The highest BCUT2D eigenvalue weighted by molar-refractivity contribution is 5.02. The van der Waals surface area contributed by atoms with Gasteiger partial charge in [-0.25, -0.2) is 0 Å². The quantitative estimate of drug-likeness (QED) is 0.165. The van der Waals surface area contributed by atoms with Crippen LogP contribution in [0.1, 0.15) is 20.3 Å². The molecule has 200 valence electrons. The Balaban J connectivity index is 1.73. The van der Waals surface area contributed by atoms with Crippen molar-refractivity contribution in [3.63, 3.8) is 0 Å². The lowest BCUT2D eigenvalue weighted by molar-refractivity contribution is -0.319. The van der Waals surface area contributed by atoms with Crippen molar-refractivity contribution in [3.05, 3.63) is 0 Å². The summed E-state index contributed by atoms with van der Waals surface area (Å²) in [6.07, 6.45) is -12.4. The SMILES string of the molecule is CNC1C(O)[C@H](OC2C(O)[C@@H](O[C@@H]3OC(C(C)O)[C@@H](O)C(O)C3N)C(N)C[C@H]2N)OC[C@]1(C)O. The third kappa shape index (κ3) is 5.40. The van der Waals surface area contributed by atoms with E-state index in [0.29, 0.717) is 0 Å². The average Bonchev–Trinajstić information content (AvgIpc) is 2.75. The summed E-state index contributed by atoms with van der Waals surface area (Å²) in [6.45, 7) is 2.75. The molecule has 2 heterocycles. The van der Waals surface area contributed by atoms with E-state index in [2.05, 4.69) is 5.32 Å². The van der Waals surface area contributed by atoms with Crippen LogP contribution in [0.2, 0.25) is 0 Å². The van der Waals surface area contributed by atoms with Gasteiger partial charge >= 0.3 is 0 Å². The van der Waals surface area contributed by atoms with Gasteiger partial charge in [-0.05, 0) is 27.3 Å². The van der Waals surface area contributed by atoms with Crippen molar-refractivity contribution >= 4 is 0 Å². The first-order chi connectivity index (χ1) is 15.8. The van der Waals surface area contributed by atoms with Crippen LogP contribution in [0.4, 0.5) is 0 Å². The van der Waals surface area contributed by atoms with E-state index in [1.54, 1.807) is 7.05 Å². The monoisotopic (exact) mass is 496 g/mol. The summed E-state index contributed by atoms with van der Waals surface area (Å²) < 4.78 is 22.8. The van der Waals surface area contributed by atoms with Crippen LogP contribution < -0.4 is 22.5 Å². The minimum absolute atomic E-state index is 0.135. The second kappa shape index (κ2) is 10.8. The predicted molar refractivity (Wildman–Crippen MR) is 116 cm³/mol. The second-order valence-corrected chi connectivity index (χ2v) is 9.82. The molecule has 0 aromatic heterocycles. The van der Waals surface area contributed by atoms with Gasteiger partial charge in [0.25, 0.3) is 0 Å². The van der Waals surface area contributed by atoms with Crippen LogP contribution >= 0.6 is 0 Å². The number of rotatable bonds is 6. The van der Waals surface area contributed by atoms with Crippen molar-refractivity contribution in [2.24, 2.45) is 17.2 Å². The van der Waals surface area contributed by atoms with Crippen molar-refractivity contribution in [2.45, 2.75) is 111 Å². The zero-order valence-corrected chi connectivity index (χ0v) is 19.5. The maximum atomic E-state index is 11.1. The molecular weight excluding hydrogens is 456 g/mol. The lowest BCUT2D eigenvalue weighted by Gasteiger charge is -2.49. The molecule has 0 bridgehead atoms. The number of nitrogens with two attached hydrogens (primary N) is 3. The third-order valence-corrected chi connectivity index (χ3v) is 6.95. The largest absolute Gasteiger partial charge is 0.391 e. The Bertz CT molecular complexity index is 675. The highest BCUT2D eigenvalue weighted by Gasteiger charge is 2.52. The highest BCUT2D eigenvalue weighted by atomic mass is 16.7. The normalized spacial score (nSPS) is 53.5. The first kappa shape index (κ1) is 28.0. The molecule has 0 amide bonds. The van der Waals surface area contributed by atoms with E-state index < -0.39 is 91.2 Å². The minimum atomic E-state index is -1.46. The molecule has 3 rings (SSSR count). The van der Waals surface area contributed by atoms with E-state index in [1.807, 2.05) is 0 Å². The lowest BCUT2D eigenvalue weighted by Crippen LogP contribution is -2.69. The van der Waals surface area contributed by atoms with E-state index in [9.17, 15) is 30.6 Å². The van der Waals surface area contributed by atoms with Gasteiger partial charge in [-0.15, -0.1) is 0 Å². The Morgan fingerprint density at radius 2 is 1.50 bits per heavy atom. The zero-order valence-electron chi connectivity index (χ0n) is 19.5. The predicted octanol–water partition coefficient (Wildman–Crippen LogP) is -5.61. The molecule has 14 heteroatoms. The highest BCUT2D eigenvalue weighted by Crippen LogP contribution is 2.32. The van der Waals surface area contributed by atoms with E-state index in [4.69, 9.17) is 36.1 Å². The van der Waals surface area contributed by atoms with Crippen molar-refractivity contribution in [1.82, 2.24) is 5.32 Å².